The minimum atomic E-state index is -3.53. The number of sulfonamides is 1. The van der Waals surface area contributed by atoms with E-state index in [4.69, 9.17) is 16.3 Å². The second-order valence-electron chi connectivity index (χ2n) is 5.77. The van der Waals surface area contributed by atoms with E-state index in [0.717, 1.165) is 45.6 Å². The summed E-state index contributed by atoms with van der Waals surface area (Å²) in [5, 5.41) is 0.283. The summed E-state index contributed by atoms with van der Waals surface area (Å²) in [6.45, 7) is 3.44. The standard InChI is InChI=1S/C14H20ClN3O3S/c15-14-2-1-13(9-16-14)22(19,20)17-11-3-6-18(7-4-11)12-5-8-21-10-12/h1-2,9,11-12,17H,3-8,10H2. The number of aromatic nitrogens is 1. The molecule has 1 aromatic heterocycles. The molecule has 0 bridgehead atoms. The van der Waals surface area contributed by atoms with Gasteiger partial charge in [0.05, 0.1) is 6.61 Å². The smallest absolute Gasteiger partial charge is 0.242 e. The maximum atomic E-state index is 12.3. The Hall–Kier alpha value is -0.730. The van der Waals surface area contributed by atoms with Crippen molar-refractivity contribution in [1.29, 1.82) is 0 Å². The van der Waals surface area contributed by atoms with E-state index in [-0.39, 0.29) is 16.1 Å². The number of rotatable bonds is 4. The molecule has 0 spiro atoms. The number of nitrogens with one attached hydrogen (secondary N) is 1. The average Bonchev–Trinajstić information content (AvgIpc) is 3.02. The molecule has 0 aromatic carbocycles. The summed E-state index contributed by atoms with van der Waals surface area (Å²) in [6.07, 6.45) is 4.00. The third kappa shape index (κ3) is 3.78. The van der Waals surface area contributed by atoms with Gasteiger partial charge in [-0.15, -0.1) is 0 Å². The number of likely N-dealkylation sites (tertiary alicyclic amines) is 1. The van der Waals surface area contributed by atoms with Gasteiger partial charge in [-0.25, -0.2) is 18.1 Å². The third-order valence-corrected chi connectivity index (χ3v) is 6.01. The fourth-order valence-corrected chi connectivity index (χ4v) is 4.36. The molecule has 3 heterocycles. The van der Waals surface area contributed by atoms with Crippen LogP contribution in [-0.4, -0.2) is 56.7 Å². The van der Waals surface area contributed by atoms with Crippen molar-refractivity contribution in [3.05, 3.63) is 23.5 Å². The van der Waals surface area contributed by atoms with Crippen LogP contribution in [0.1, 0.15) is 19.3 Å². The Balaban J connectivity index is 1.56. The number of hydrogen-bond acceptors (Lipinski definition) is 5. The average molecular weight is 346 g/mol. The van der Waals surface area contributed by atoms with Gasteiger partial charge in [0.1, 0.15) is 10.0 Å². The molecule has 2 aliphatic heterocycles. The lowest BCUT2D eigenvalue weighted by Crippen LogP contribution is -2.48. The monoisotopic (exact) mass is 345 g/mol. The molecule has 6 nitrogen and oxygen atoms in total. The SMILES string of the molecule is O=S(=O)(NC1CCN(C2CCOC2)CC1)c1ccc(Cl)nc1. The Bertz CT molecular complexity index is 594. The van der Waals surface area contributed by atoms with Gasteiger partial charge in [-0.3, -0.25) is 4.90 Å². The minimum absolute atomic E-state index is 0.0285. The predicted octanol–water partition coefficient (Wildman–Crippen LogP) is 1.27. The van der Waals surface area contributed by atoms with Gasteiger partial charge in [0.2, 0.25) is 10.0 Å². The van der Waals surface area contributed by atoms with Crippen LogP contribution in [0.3, 0.4) is 0 Å². The van der Waals surface area contributed by atoms with E-state index < -0.39 is 10.0 Å². The molecule has 8 heteroatoms. The maximum Gasteiger partial charge on any atom is 0.242 e. The summed E-state index contributed by atoms with van der Waals surface area (Å²) < 4.78 is 32.8. The summed E-state index contributed by atoms with van der Waals surface area (Å²) in [4.78, 5) is 6.39. The molecular weight excluding hydrogens is 326 g/mol. The number of ether oxygens (including phenoxy) is 1. The van der Waals surface area contributed by atoms with Crippen molar-refractivity contribution in [2.24, 2.45) is 0 Å². The lowest BCUT2D eigenvalue weighted by Gasteiger charge is -2.35. The molecule has 0 aliphatic carbocycles. The highest BCUT2D eigenvalue weighted by Crippen LogP contribution is 2.20. The first kappa shape index (κ1) is 16.1. The van der Waals surface area contributed by atoms with Gasteiger partial charge in [0, 0.05) is 38.0 Å². The largest absolute Gasteiger partial charge is 0.380 e. The predicted molar refractivity (Wildman–Crippen MR) is 83.4 cm³/mol. The number of hydrogen-bond donors (Lipinski definition) is 1. The molecule has 2 saturated heterocycles. The molecule has 1 N–H and O–H groups in total. The van der Waals surface area contributed by atoms with Crippen LogP contribution in [0, 0.1) is 0 Å². The molecule has 122 valence electrons. The molecule has 1 atom stereocenters. The molecule has 2 aliphatic rings. The van der Waals surface area contributed by atoms with Gasteiger partial charge in [-0.1, -0.05) is 11.6 Å². The summed E-state index contributed by atoms with van der Waals surface area (Å²) in [5.41, 5.74) is 0. The summed E-state index contributed by atoms with van der Waals surface area (Å²) in [7, 11) is -3.53. The Kier molecular flexibility index (Phi) is 4.99. The molecule has 1 unspecified atom stereocenters. The van der Waals surface area contributed by atoms with Gasteiger partial charge in [0.15, 0.2) is 0 Å². The van der Waals surface area contributed by atoms with Gasteiger partial charge < -0.3 is 4.74 Å². The van der Waals surface area contributed by atoms with E-state index >= 15 is 0 Å². The van der Waals surface area contributed by atoms with Gasteiger partial charge >= 0.3 is 0 Å². The topological polar surface area (TPSA) is 71.5 Å². The minimum Gasteiger partial charge on any atom is -0.380 e. The normalized spacial score (nSPS) is 24.7. The highest BCUT2D eigenvalue weighted by Gasteiger charge is 2.29. The first-order valence-electron chi connectivity index (χ1n) is 7.50. The van der Waals surface area contributed by atoms with Crippen molar-refractivity contribution < 1.29 is 13.2 Å². The number of halogens is 1. The first-order valence-corrected chi connectivity index (χ1v) is 9.36. The maximum absolute atomic E-state index is 12.3. The van der Waals surface area contributed by atoms with Crippen molar-refractivity contribution in [3.8, 4) is 0 Å². The Morgan fingerprint density at radius 3 is 2.64 bits per heavy atom. The van der Waals surface area contributed by atoms with E-state index in [1.54, 1.807) is 0 Å². The quantitative estimate of drug-likeness (QED) is 0.832. The zero-order valence-corrected chi connectivity index (χ0v) is 13.8. The zero-order chi connectivity index (χ0) is 15.6. The highest BCUT2D eigenvalue weighted by molar-refractivity contribution is 7.89. The lowest BCUT2D eigenvalue weighted by molar-refractivity contribution is 0.120. The van der Waals surface area contributed by atoms with Crippen LogP contribution in [0.25, 0.3) is 0 Å². The van der Waals surface area contributed by atoms with Crippen molar-refractivity contribution in [3.63, 3.8) is 0 Å². The van der Waals surface area contributed by atoms with Crippen LogP contribution in [0.15, 0.2) is 23.2 Å². The molecule has 0 amide bonds. The van der Waals surface area contributed by atoms with Crippen LogP contribution in [0.5, 0.6) is 0 Å². The molecule has 22 heavy (non-hydrogen) atoms. The van der Waals surface area contributed by atoms with E-state index in [2.05, 4.69) is 14.6 Å². The fourth-order valence-electron chi connectivity index (χ4n) is 3.00. The molecule has 0 saturated carbocycles. The van der Waals surface area contributed by atoms with Crippen LogP contribution < -0.4 is 4.72 Å². The number of nitrogens with zero attached hydrogens (tertiary/aromatic N) is 2. The van der Waals surface area contributed by atoms with Gasteiger partial charge in [-0.05, 0) is 31.4 Å². The first-order chi connectivity index (χ1) is 10.5. The Morgan fingerprint density at radius 2 is 2.05 bits per heavy atom. The Morgan fingerprint density at radius 1 is 1.27 bits per heavy atom. The van der Waals surface area contributed by atoms with E-state index in [9.17, 15) is 8.42 Å². The summed E-state index contributed by atoms with van der Waals surface area (Å²) >= 11 is 5.69. The number of piperidine rings is 1. The molecule has 0 radical (unpaired) electrons. The third-order valence-electron chi connectivity index (χ3n) is 4.28. The van der Waals surface area contributed by atoms with Crippen LogP contribution >= 0.6 is 11.6 Å². The van der Waals surface area contributed by atoms with Crippen LogP contribution in [-0.2, 0) is 14.8 Å². The van der Waals surface area contributed by atoms with E-state index in [1.807, 2.05) is 0 Å². The van der Waals surface area contributed by atoms with E-state index in [0.29, 0.717) is 6.04 Å². The second kappa shape index (κ2) is 6.80. The van der Waals surface area contributed by atoms with Crippen molar-refractivity contribution in [2.75, 3.05) is 26.3 Å². The lowest BCUT2D eigenvalue weighted by atomic mass is 10.0. The molecule has 2 fully saturated rings. The molecule has 3 rings (SSSR count). The van der Waals surface area contributed by atoms with Crippen LogP contribution in [0.4, 0.5) is 0 Å². The fraction of sp³-hybridized carbons (Fsp3) is 0.643. The molecular formula is C14H20ClN3O3S. The van der Waals surface area contributed by atoms with Gasteiger partial charge in [0.25, 0.3) is 0 Å². The summed E-state index contributed by atoms with van der Waals surface area (Å²) in [5.74, 6) is 0. The van der Waals surface area contributed by atoms with E-state index in [1.165, 1.54) is 18.3 Å². The van der Waals surface area contributed by atoms with Crippen molar-refractivity contribution in [1.82, 2.24) is 14.6 Å². The zero-order valence-electron chi connectivity index (χ0n) is 12.2. The summed E-state index contributed by atoms with van der Waals surface area (Å²) in [6, 6.07) is 3.43. The Labute approximate surface area is 135 Å². The second-order valence-corrected chi connectivity index (χ2v) is 7.87. The molecule has 1 aromatic rings. The highest BCUT2D eigenvalue weighted by atomic mass is 35.5. The van der Waals surface area contributed by atoms with Gasteiger partial charge in [-0.2, -0.15) is 0 Å². The number of pyridine rings is 1. The van der Waals surface area contributed by atoms with Crippen LogP contribution in [0.2, 0.25) is 5.15 Å². The van der Waals surface area contributed by atoms with Crippen molar-refractivity contribution >= 4 is 21.6 Å². The van der Waals surface area contributed by atoms with Crippen molar-refractivity contribution in [2.45, 2.75) is 36.2 Å².